The first kappa shape index (κ1) is 19.9. The highest BCUT2D eigenvalue weighted by Crippen LogP contribution is 2.25. The predicted molar refractivity (Wildman–Crippen MR) is 100 cm³/mol. The molecule has 0 fully saturated rings. The number of Topliss-reactive ketones (excluding diaryl/α,β-unsaturated/α-hetero) is 1. The summed E-state index contributed by atoms with van der Waals surface area (Å²) in [7, 11) is 0. The van der Waals surface area contributed by atoms with Crippen molar-refractivity contribution in [3.05, 3.63) is 65.1 Å². The molecule has 2 aromatic heterocycles. The number of carbonyl (C=O) groups is 1. The molecule has 7 heteroatoms. The maximum atomic E-state index is 13.8. The number of ether oxygens (including phenoxy) is 1. The lowest BCUT2D eigenvalue weighted by Crippen LogP contribution is -2.08. The summed E-state index contributed by atoms with van der Waals surface area (Å²) in [6.07, 6.45) is 2.67. The second kappa shape index (κ2) is 8.48. The summed E-state index contributed by atoms with van der Waals surface area (Å²) in [5.74, 6) is -1.11. The van der Waals surface area contributed by atoms with E-state index in [0.29, 0.717) is 42.0 Å². The number of benzene rings is 1. The number of ketones is 1. The van der Waals surface area contributed by atoms with Crippen LogP contribution in [0.2, 0.25) is 0 Å². The minimum atomic E-state index is -0.680. The van der Waals surface area contributed by atoms with Gasteiger partial charge in [0, 0.05) is 12.6 Å². The molecule has 148 valence electrons. The molecule has 1 aromatic carbocycles. The van der Waals surface area contributed by atoms with E-state index in [-0.39, 0.29) is 18.0 Å². The standard InChI is InChI=1S/C21H22F2N2O3/c1-13(26)6-3-9-18(27)20-14(2)24-21-19(10-5-11-25(20)21)28-12-15-16(22)7-4-8-17(15)23/h4-5,7-8,10-11,13,26H,3,6,9,12H2,1-2H3. The smallest absolute Gasteiger partial charge is 0.181 e. The molecule has 0 aliphatic heterocycles. The third-order valence-corrected chi connectivity index (χ3v) is 4.51. The number of aromatic nitrogens is 2. The molecule has 0 aliphatic carbocycles. The van der Waals surface area contributed by atoms with E-state index in [1.165, 1.54) is 18.2 Å². The number of hydrogen-bond acceptors (Lipinski definition) is 4. The van der Waals surface area contributed by atoms with Gasteiger partial charge in [0.15, 0.2) is 17.2 Å². The fraction of sp³-hybridized carbons (Fsp3) is 0.333. The molecule has 28 heavy (non-hydrogen) atoms. The molecule has 0 aliphatic rings. The first-order chi connectivity index (χ1) is 13.4. The van der Waals surface area contributed by atoms with Crippen molar-refractivity contribution in [2.45, 2.75) is 45.8 Å². The highest BCUT2D eigenvalue weighted by Gasteiger charge is 2.19. The molecule has 3 rings (SSSR count). The number of carbonyl (C=O) groups excluding carboxylic acids is 1. The molecule has 2 heterocycles. The van der Waals surface area contributed by atoms with Gasteiger partial charge in [-0.15, -0.1) is 0 Å². The number of aryl methyl sites for hydroxylation is 1. The van der Waals surface area contributed by atoms with Gasteiger partial charge in [-0.2, -0.15) is 0 Å². The van der Waals surface area contributed by atoms with Crippen LogP contribution in [0.3, 0.4) is 0 Å². The molecule has 0 saturated heterocycles. The Kier molecular flexibility index (Phi) is 6.04. The summed E-state index contributed by atoms with van der Waals surface area (Å²) in [6, 6.07) is 6.97. The second-order valence-electron chi connectivity index (χ2n) is 6.77. The van der Waals surface area contributed by atoms with Crippen LogP contribution in [0.15, 0.2) is 36.5 Å². The van der Waals surface area contributed by atoms with Gasteiger partial charge in [0.1, 0.15) is 23.9 Å². The van der Waals surface area contributed by atoms with E-state index in [2.05, 4.69) is 4.98 Å². The molecule has 0 saturated carbocycles. The minimum absolute atomic E-state index is 0.0806. The molecular weight excluding hydrogens is 366 g/mol. The van der Waals surface area contributed by atoms with Crippen molar-refractivity contribution in [1.82, 2.24) is 9.38 Å². The summed E-state index contributed by atoms with van der Waals surface area (Å²) >= 11 is 0. The minimum Gasteiger partial charge on any atom is -0.485 e. The average molecular weight is 388 g/mol. The highest BCUT2D eigenvalue weighted by atomic mass is 19.1. The normalized spacial score (nSPS) is 12.3. The number of hydrogen-bond donors (Lipinski definition) is 1. The molecule has 3 aromatic rings. The molecule has 5 nitrogen and oxygen atoms in total. The monoisotopic (exact) mass is 388 g/mol. The predicted octanol–water partition coefficient (Wildman–Crippen LogP) is 4.23. The lowest BCUT2D eigenvalue weighted by molar-refractivity contribution is 0.0965. The number of imidazole rings is 1. The van der Waals surface area contributed by atoms with Gasteiger partial charge < -0.3 is 9.84 Å². The Labute approximate surface area is 161 Å². The van der Waals surface area contributed by atoms with Gasteiger partial charge >= 0.3 is 0 Å². The van der Waals surface area contributed by atoms with E-state index in [1.807, 2.05) is 0 Å². The molecule has 0 radical (unpaired) electrons. The van der Waals surface area contributed by atoms with Crippen LogP contribution in [0.5, 0.6) is 5.75 Å². The van der Waals surface area contributed by atoms with Crippen LogP contribution in [0.4, 0.5) is 8.78 Å². The third-order valence-electron chi connectivity index (χ3n) is 4.51. The number of aliphatic hydroxyl groups excluding tert-OH is 1. The van der Waals surface area contributed by atoms with E-state index < -0.39 is 17.7 Å². The molecule has 1 N–H and O–H groups in total. The van der Waals surface area contributed by atoms with Crippen LogP contribution in [-0.2, 0) is 6.61 Å². The van der Waals surface area contributed by atoms with Crippen LogP contribution < -0.4 is 4.74 Å². The Balaban J connectivity index is 1.85. The fourth-order valence-corrected chi connectivity index (χ4v) is 3.10. The maximum absolute atomic E-state index is 13.8. The van der Waals surface area contributed by atoms with Crippen molar-refractivity contribution in [3.8, 4) is 5.75 Å². The summed E-state index contributed by atoms with van der Waals surface area (Å²) in [6.45, 7) is 3.13. The molecule has 0 spiro atoms. The van der Waals surface area contributed by atoms with Gasteiger partial charge in [0.2, 0.25) is 0 Å². The van der Waals surface area contributed by atoms with Crippen LogP contribution in [0.1, 0.15) is 47.9 Å². The SMILES string of the molecule is Cc1nc2c(OCc3c(F)cccc3F)cccn2c1C(=O)CCCC(C)O. The largest absolute Gasteiger partial charge is 0.485 e. The summed E-state index contributed by atoms with van der Waals surface area (Å²) in [5.41, 5.74) is 1.25. The maximum Gasteiger partial charge on any atom is 0.181 e. The number of aliphatic hydroxyl groups is 1. The van der Waals surface area contributed by atoms with Crippen molar-refractivity contribution in [2.75, 3.05) is 0 Å². The van der Waals surface area contributed by atoms with Crippen molar-refractivity contribution >= 4 is 11.4 Å². The van der Waals surface area contributed by atoms with E-state index in [4.69, 9.17) is 4.74 Å². The number of rotatable bonds is 8. The lowest BCUT2D eigenvalue weighted by atomic mass is 10.1. The topological polar surface area (TPSA) is 63.8 Å². The van der Waals surface area contributed by atoms with Crippen molar-refractivity contribution < 1.29 is 23.4 Å². The Morgan fingerprint density at radius 3 is 2.64 bits per heavy atom. The van der Waals surface area contributed by atoms with Gasteiger partial charge in [0.25, 0.3) is 0 Å². The number of pyridine rings is 1. The Morgan fingerprint density at radius 2 is 1.96 bits per heavy atom. The van der Waals surface area contributed by atoms with Gasteiger partial charge in [-0.05, 0) is 51.0 Å². The van der Waals surface area contributed by atoms with E-state index >= 15 is 0 Å². The molecular formula is C21H22F2N2O3. The van der Waals surface area contributed by atoms with Gasteiger partial charge in [-0.25, -0.2) is 13.8 Å². The van der Waals surface area contributed by atoms with E-state index in [9.17, 15) is 18.7 Å². The highest BCUT2D eigenvalue weighted by molar-refractivity contribution is 5.96. The van der Waals surface area contributed by atoms with E-state index in [0.717, 1.165) is 0 Å². The lowest BCUT2D eigenvalue weighted by Gasteiger charge is -2.09. The van der Waals surface area contributed by atoms with Crippen molar-refractivity contribution in [1.29, 1.82) is 0 Å². The van der Waals surface area contributed by atoms with Crippen LogP contribution in [-0.4, -0.2) is 26.4 Å². The molecule has 1 atom stereocenters. The first-order valence-corrected chi connectivity index (χ1v) is 9.13. The van der Waals surface area contributed by atoms with E-state index in [1.54, 1.807) is 36.6 Å². The first-order valence-electron chi connectivity index (χ1n) is 9.13. The fourth-order valence-electron chi connectivity index (χ4n) is 3.10. The second-order valence-corrected chi connectivity index (χ2v) is 6.77. The van der Waals surface area contributed by atoms with Gasteiger partial charge in [0.05, 0.1) is 17.4 Å². The Bertz CT molecular complexity index is 978. The summed E-state index contributed by atoms with van der Waals surface area (Å²) < 4.78 is 34.9. The molecule has 0 amide bonds. The zero-order valence-electron chi connectivity index (χ0n) is 15.8. The third kappa shape index (κ3) is 4.20. The average Bonchev–Trinajstić information content (AvgIpc) is 2.97. The quantitative estimate of drug-likeness (QED) is 0.587. The number of nitrogens with zero attached hydrogens (tertiary/aromatic N) is 2. The van der Waals surface area contributed by atoms with Crippen LogP contribution in [0.25, 0.3) is 5.65 Å². The van der Waals surface area contributed by atoms with Gasteiger partial charge in [-0.3, -0.25) is 9.20 Å². The Morgan fingerprint density at radius 1 is 1.25 bits per heavy atom. The summed E-state index contributed by atoms with van der Waals surface area (Å²) in [5, 5.41) is 9.35. The van der Waals surface area contributed by atoms with Crippen LogP contribution in [0, 0.1) is 18.6 Å². The van der Waals surface area contributed by atoms with Gasteiger partial charge in [-0.1, -0.05) is 6.07 Å². The zero-order valence-corrected chi connectivity index (χ0v) is 15.8. The van der Waals surface area contributed by atoms with Crippen molar-refractivity contribution in [2.24, 2.45) is 0 Å². The van der Waals surface area contributed by atoms with Crippen molar-refractivity contribution in [3.63, 3.8) is 0 Å². The van der Waals surface area contributed by atoms with Crippen LogP contribution >= 0.6 is 0 Å². The number of fused-ring (bicyclic) bond motifs is 1. The zero-order chi connectivity index (χ0) is 20.3. The summed E-state index contributed by atoms with van der Waals surface area (Å²) in [4.78, 5) is 17.0. The number of halogens is 2. The Hall–Kier alpha value is -2.80. The molecule has 0 bridgehead atoms. The molecule has 1 unspecified atom stereocenters.